The summed E-state index contributed by atoms with van der Waals surface area (Å²) in [6.45, 7) is 11.5. The Morgan fingerprint density at radius 2 is 1.80 bits per heavy atom. The fraction of sp³-hybridized carbons (Fsp3) is 0.588. The number of hydrogen-bond acceptors (Lipinski definition) is 2. The molecule has 0 bridgehead atoms. The predicted molar refractivity (Wildman–Crippen MR) is 86.7 cm³/mol. The fourth-order valence-corrected chi connectivity index (χ4v) is 2.68. The van der Waals surface area contributed by atoms with E-state index in [2.05, 4.69) is 27.7 Å². The van der Waals surface area contributed by atoms with Gasteiger partial charge in [-0.2, -0.15) is 0 Å². The van der Waals surface area contributed by atoms with Crippen molar-refractivity contribution in [3.05, 3.63) is 24.3 Å². The molecule has 1 unspecified atom stereocenters. The van der Waals surface area contributed by atoms with Gasteiger partial charge >= 0.3 is 0 Å². The molecule has 0 saturated heterocycles. The van der Waals surface area contributed by atoms with Crippen molar-refractivity contribution in [1.82, 2.24) is 0 Å². The molecule has 0 saturated carbocycles. The Morgan fingerprint density at radius 3 is 2.25 bits per heavy atom. The van der Waals surface area contributed by atoms with E-state index in [0.29, 0.717) is 18.9 Å². The van der Waals surface area contributed by atoms with Crippen molar-refractivity contribution < 1.29 is 4.79 Å². The number of carbonyl (C=O) groups is 1. The van der Waals surface area contributed by atoms with Gasteiger partial charge in [0.05, 0.1) is 0 Å². The number of carbonyl (C=O) groups excluding carboxylic acids is 1. The van der Waals surface area contributed by atoms with Gasteiger partial charge < -0.3 is 10.6 Å². The number of amides is 1. The van der Waals surface area contributed by atoms with Gasteiger partial charge in [0.25, 0.3) is 0 Å². The molecule has 0 radical (unpaired) electrons. The first kappa shape index (κ1) is 16.5. The second-order valence-electron chi connectivity index (χ2n) is 6.80. The molecular formula is C17H28N2O. The maximum absolute atomic E-state index is 12.5. The molecule has 1 atom stereocenters. The van der Waals surface area contributed by atoms with Gasteiger partial charge in [0.1, 0.15) is 0 Å². The first-order valence-corrected chi connectivity index (χ1v) is 7.39. The quantitative estimate of drug-likeness (QED) is 0.823. The van der Waals surface area contributed by atoms with Gasteiger partial charge in [-0.15, -0.1) is 0 Å². The van der Waals surface area contributed by atoms with Crippen LogP contribution < -0.4 is 10.6 Å². The largest absolute Gasteiger partial charge is 0.399 e. The van der Waals surface area contributed by atoms with Crippen molar-refractivity contribution in [1.29, 1.82) is 0 Å². The molecule has 0 aliphatic heterocycles. The van der Waals surface area contributed by atoms with Crippen molar-refractivity contribution in [2.45, 2.75) is 47.5 Å². The van der Waals surface area contributed by atoms with Gasteiger partial charge in [0, 0.05) is 24.3 Å². The lowest BCUT2D eigenvalue weighted by molar-refractivity contribution is -0.119. The van der Waals surface area contributed by atoms with Crippen LogP contribution in [-0.2, 0) is 4.79 Å². The minimum atomic E-state index is 0.189. The Hall–Kier alpha value is -1.51. The number of nitrogen functional groups attached to an aromatic ring is 1. The molecule has 0 aliphatic carbocycles. The molecule has 2 N–H and O–H groups in total. The van der Waals surface area contributed by atoms with Crippen molar-refractivity contribution in [2.75, 3.05) is 17.2 Å². The summed E-state index contributed by atoms with van der Waals surface area (Å²) < 4.78 is 0. The number of nitrogens with two attached hydrogens (primary N) is 1. The van der Waals surface area contributed by atoms with Crippen LogP contribution in [0.25, 0.3) is 0 Å². The third kappa shape index (κ3) is 5.24. The van der Waals surface area contributed by atoms with E-state index in [1.54, 1.807) is 0 Å². The van der Waals surface area contributed by atoms with Crippen molar-refractivity contribution in [3.63, 3.8) is 0 Å². The molecule has 1 rings (SSSR count). The average molecular weight is 276 g/mol. The van der Waals surface area contributed by atoms with E-state index in [1.165, 1.54) is 0 Å². The van der Waals surface area contributed by atoms with Crippen LogP contribution in [0.2, 0.25) is 0 Å². The zero-order chi connectivity index (χ0) is 15.3. The van der Waals surface area contributed by atoms with Gasteiger partial charge in [-0.05, 0) is 48.9 Å². The third-order valence-corrected chi connectivity index (χ3v) is 3.31. The van der Waals surface area contributed by atoms with Crippen LogP contribution in [-0.4, -0.2) is 12.5 Å². The molecule has 0 aliphatic rings. The van der Waals surface area contributed by atoms with Crippen molar-refractivity contribution in [3.8, 4) is 0 Å². The maximum atomic E-state index is 12.5. The maximum Gasteiger partial charge on any atom is 0.227 e. The average Bonchev–Trinajstić information content (AvgIpc) is 2.29. The van der Waals surface area contributed by atoms with E-state index in [1.807, 2.05) is 36.1 Å². The Balaban J connectivity index is 2.70. The Labute approximate surface area is 123 Å². The molecule has 3 nitrogen and oxygen atoms in total. The molecule has 0 spiro atoms. The summed E-state index contributed by atoms with van der Waals surface area (Å²) in [6, 6.07) is 7.49. The molecule has 1 aromatic rings. The van der Waals surface area contributed by atoms with E-state index in [4.69, 9.17) is 5.73 Å². The highest BCUT2D eigenvalue weighted by Gasteiger charge is 2.21. The van der Waals surface area contributed by atoms with E-state index >= 15 is 0 Å². The zero-order valence-corrected chi connectivity index (χ0v) is 13.4. The summed E-state index contributed by atoms with van der Waals surface area (Å²) >= 11 is 0. The molecule has 112 valence electrons. The summed E-state index contributed by atoms with van der Waals surface area (Å²) in [5.74, 6) is 0.583. The summed E-state index contributed by atoms with van der Waals surface area (Å²) in [5.41, 5.74) is 7.60. The third-order valence-electron chi connectivity index (χ3n) is 3.31. The van der Waals surface area contributed by atoms with Crippen LogP contribution >= 0.6 is 0 Å². The van der Waals surface area contributed by atoms with Gasteiger partial charge in [-0.25, -0.2) is 0 Å². The Bertz CT molecular complexity index is 431. The van der Waals surface area contributed by atoms with Crippen LogP contribution in [0, 0.1) is 11.3 Å². The molecule has 3 heteroatoms. The van der Waals surface area contributed by atoms with Gasteiger partial charge in [-0.1, -0.05) is 27.7 Å². The first-order valence-electron chi connectivity index (χ1n) is 7.39. The van der Waals surface area contributed by atoms with Crippen molar-refractivity contribution in [2.24, 2.45) is 11.3 Å². The number of hydrogen-bond donors (Lipinski definition) is 1. The van der Waals surface area contributed by atoms with Gasteiger partial charge in [0.15, 0.2) is 0 Å². The highest BCUT2D eigenvalue weighted by atomic mass is 16.2. The number of benzene rings is 1. The van der Waals surface area contributed by atoms with E-state index in [-0.39, 0.29) is 11.3 Å². The molecular weight excluding hydrogens is 248 g/mol. The van der Waals surface area contributed by atoms with Crippen LogP contribution in [0.5, 0.6) is 0 Å². The SMILES string of the molecule is CCN(C(=O)CC(C)CC(C)(C)C)c1ccc(N)cc1. The second-order valence-corrected chi connectivity index (χ2v) is 6.80. The molecule has 0 fully saturated rings. The monoisotopic (exact) mass is 276 g/mol. The standard InChI is InChI=1S/C17H28N2O/c1-6-19(15-9-7-14(18)8-10-15)16(20)11-13(2)12-17(3,4)5/h7-10,13H,6,11-12,18H2,1-5H3. The minimum Gasteiger partial charge on any atom is -0.399 e. The molecule has 20 heavy (non-hydrogen) atoms. The molecule has 1 amide bonds. The zero-order valence-electron chi connectivity index (χ0n) is 13.4. The van der Waals surface area contributed by atoms with Crippen LogP contribution in [0.15, 0.2) is 24.3 Å². The minimum absolute atomic E-state index is 0.189. The number of nitrogens with zero attached hydrogens (tertiary/aromatic N) is 1. The molecule has 0 aromatic heterocycles. The Morgan fingerprint density at radius 1 is 1.25 bits per heavy atom. The van der Waals surface area contributed by atoms with E-state index < -0.39 is 0 Å². The lowest BCUT2D eigenvalue weighted by Crippen LogP contribution is -2.32. The summed E-state index contributed by atoms with van der Waals surface area (Å²) in [5, 5.41) is 0. The first-order chi connectivity index (χ1) is 9.23. The second kappa shape index (κ2) is 6.78. The van der Waals surface area contributed by atoms with Crippen LogP contribution in [0.4, 0.5) is 11.4 Å². The number of rotatable bonds is 5. The fourth-order valence-electron chi connectivity index (χ4n) is 2.68. The summed E-state index contributed by atoms with van der Waals surface area (Å²) in [6.07, 6.45) is 1.65. The number of anilines is 2. The Kier molecular flexibility index (Phi) is 5.61. The van der Waals surface area contributed by atoms with E-state index in [0.717, 1.165) is 17.8 Å². The van der Waals surface area contributed by atoms with Crippen LogP contribution in [0.1, 0.15) is 47.5 Å². The van der Waals surface area contributed by atoms with Crippen molar-refractivity contribution >= 4 is 17.3 Å². The summed E-state index contributed by atoms with van der Waals surface area (Å²) in [7, 11) is 0. The lowest BCUT2D eigenvalue weighted by atomic mass is 9.84. The van der Waals surface area contributed by atoms with Crippen LogP contribution in [0.3, 0.4) is 0 Å². The topological polar surface area (TPSA) is 46.3 Å². The highest BCUT2D eigenvalue weighted by molar-refractivity contribution is 5.93. The predicted octanol–water partition coefficient (Wildman–Crippen LogP) is 4.08. The smallest absolute Gasteiger partial charge is 0.227 e. The van der Waals surface area contributed by atoms with E-state index in [9.17, 15) is 4.79 Å². The van der Waals surface area contributed by atoms with Gasteiger partial charge in [-0.3, -0.25) is 4.79 Å². The summed E-state index contributed by atoms with van der Waals surface area (Å²) in [4.78, 5) is 14.3. The molecule has 1 aromatic carbocycles. The highest BCUT2D eigenvalue weighted by Crippen LogP contribution is 2.27. The lowest BCUT2D eigenvalue weighted by Gasteiger charge is -2.26. The van der Waals surface area contributed by atoms with Gasteiger partial charge in [0.2, 0.25) is 5.91 Å². The molecule has 0 heterocycles. The normalized spacial score (nSPS) is 13.1.